The zero-order valence-corrected chi connectivity index (χ0v) is 36.9. The first-order valence-electron chi connectivity index (χ1n) is 28.8. The van der Waals surface area contributed by atoms with Gasteiger partial charge in [-0.1, -0.05) is 158 Å². The maximum atomic E-state index is 8.91. The van der Waals surface area contributed by atoms with E-state index in [0.717, 1.165) is 58.4 Å². The van der Waals surface area contributed by atoms with Crippen LogP contribution in [0, 0.1) is 46.4 Å². The van der Waals surface area contributed by atoms with Crippen LogP contribution in [0.2, 0.25) is 0 Å². The zero-order valence-electron chi connectivity index (χ0n) is 50.5. The molecule has 1 saturated carbocycles. The van der Waals surface area contributed by atoms with Crippen LogP contribution in [-0.2, 0) is 20.1 Å². The molecule has 1 radical (unpaired) electrons. The number of hydrogen-bond acceptors (Lipinski definition) is 3. The Bertz CT molecular complexity index is 3890. The number of nitrogens with zero attached hydrogens (tertiary/aromatic N) is 2. The topological polar surface area (TPSA) is 38.9 Å². The summed E-state index contributed by atoms with van der Waals surface area (Å²) in [6.45, 7) is -12.6. The number of aromatic nitrogens is 2. The summed E-state index contributed by atoms with van der Waals surface area (Å²) in [5.74, 6) is -0.707. The molecule has 0 aliphatic heterocycles. The average molecular weight is 1020 g/mol. The van der Waals surface area contributed by atoms with E-state index in [1.807, 2.05) is 84.9 Å². The molecule has 0 atom stereocenters. The van der Waals surface area contributed by atoms with Gasteiger partial charge in [-0.25, -0.2) is 0 Å². The number of pyridine rings is 2. The fourth-order valence-corrected chi connectivity index (χ4v) is 8.56. The van der Waals surface area contributed by atoms with Crippen molar-refractivity contribution in [3.05, 3.63) is 203 Å². The van der Waals surface area contributed by atoms with Crippen LogP contribution in [0.25, 0.3) is 88.6 Å². The first-order valence-corrected chi connectivity index (χ1v) is 20.8. The Hall–Kier alpha value is -6.45. The van der Waals surface area contributed by atoms with Gasteiger partial charge in [0.05, 0.1) is 5.58 Å². The first kappa shape index (κ1) is 27.7. The SMILES string of the molecule is [2H]C([2H])([2H])c1cc(-c2cc(-c3[c-]ccc4c3oc3c5ccccc5ccc43)ncc2C([2H])([2H])[2H])c(C([2H])([2H])[2H])cc1-c1ccc(C2([2H])CCCC2)cc1.[2H]C([2H])([2H])c1ccc(-c2[c-]cc(C([2H])([2H])[2H])c(-c3ccccc3)c2)nc1.[Ir]. The molecule has 7 aromatic carbocycles. The van der Waals surface area contributed by atoms with Crippen molar-refractivity contribution in [1.29, 1.82) is 0 Å². The number of hydrogen-bond donors (Lipinski definition) is 0. The molecule has 0 bridgehead atoms. The minimum Gasteiger partial charge on any atom is -0.500 e. The molecule has 0 amide bonds. The summed E-state index contributed by atoms with van der Waals surface area (Å²) in [5.41, 5.74) is 5.73. The van der Waals surface area contributed by atoms with Crippen molar-refractivity contribution in [3.8, 4) is 55.9 Å². The minimum absolute atomic E-state index is 0. The second kappa shape index (κ2) is 18.3. The summed E-state index contributed by atoms with van der Waals surface area (Å²) in [6, 6.07) is 48.5. The summed E-state index contributed by atoms with van der Waals surface area (Å²) in [6.07, 6.45) is 5.93. The summed E-state index contributed by atoms with van der Waals surface area (Å²) >= 11 is 0. The fourth-order valence-electron chi connectivity index (χ4n) is 8.56. The van der Waals surface area contributed by atoms with Crippen molar-refractivity contribution in [1.82, 2.24) is 9.97 Å². The summed E-state index contributed by atoms with van der Waals surface area (Å²) in [7, 11) is 0. The Morgan fingerprint density at radius 3 is 2.05 bits per heavy atom. The van der Waals surface area contributed by atoms with Crippen LogP contribution >= 0.6 is 0 Å². The van der Waals surface area contributed by atoms with Crippen LogP contribution in [0.1, 0.15) is 86.9 Å². The first-order chi connectivity index (χ1) is 37.2. The quantitative estimate of drug-likeness (QED) is 0.156. The molecule has 0 saturated heterocycles. The van der Waals surface area contributed by atoms with E-state index in [-0.39, 0.29) is 70.3 Å². The Kier molecular flexibility index (Phi) is 7.93. The standard InChI is InChI=1S/C41H34NO.C19H16N.Ir/c1-25-22-37(26(2)21-36(25)31-17-15-29(16-18-31)28-9-4-5-10-28)38-23-39(42-24-27(38)3)35-14-8-13-33-34-20-19-30-11-6-7-12-32(30)40(34)43-41(33)35;1-14-8-11-19(20-13-14)17-10-9-15(2)18(12-17)16-6-4-3-5-7-16;/h6-8,11-13,15-24,28H,4-5,9-10H2,1-3H3;3-9,11-13H,1-2H3;/q2*-1;/i1D3,2D3,3D3,28D;1D3,2D3;. The van der Waals surface area contributed by atoms with Crippen molar-refractivity contribution in [3.63, 3.8) is 0 Å². The molecule has 0 spiro atoms. The van der Waals surface area contributed by atoms with Crippen LogP contribution in [0.3, 0.4) is 0 Å². The van der Waals surface area contributed by atoms with E-state index < -0.39 is 40.2 Å². The van der Waals surface area contributed by atoms with Crippen molar-refractivity contribution in [2.75, 3.05) is 0 Å². The second-order valence-corrected chi connectivity index (χ2v) is 15.8. The smallest absolute Gasteiger partial charge is 0.128 e. The average Bonchev–Trinajstić information content (AvgIpc) is 4.09. The van der Waals surface area contributed by atoms with Crippen molar-refractivity contribution < 1.29 is 46.5 Å². The van der Waals surface area contributed by atoms with Gasteiger partial charge in [0, 0.05) is 65.2 Å². The summed E-state index contributed by atoms with van der Waals surface area (Å²) in [4.78, 5) is 8.75. The van der Waals surface area contributed by atoms with E-state index in [1.165, 1.54) is 42.7 Å². The van der Waals surface area contributed by atoms with Gasteiger partial charge >= 0.3 is 0 Å². The fraction of sp³-hybridized carbons (Fsp3) is 0.167. The molecule has 0 unspecified atom stereocenters. The number of furan rings is 1. The van der Waals surface area contributed by atoms with Gasteiger partial charge in [0.1, 0.15) is 5.58 Å². The number of rotatable bonds is 6. The molecule has 4 heteroatoms. The third kappa shape index (κ3) is 8.37. The largest absolute Gasteiger partial charge is 0.500 e. The Morgan fingerprint density at radius 1 is 0.562 bits per heavy atom. The van der Waals surface area contributed by atoms with Crippen molar-refractivity contribution in [2.45, 2.75) is 65.8 Å². The molecule has 64 heavy (non-hydrogen) atoms. The zero-order chi connectivity index (χ0) is 56.5. The van der Waals surface area contributed by atoms with Crippen LogP contribution in [0.5, 0.6) is 0 Å². The molecule has 0 N–H and O–H groups in total. The summed E-state index contributed by atoms with van der Waals surface area (Å²) < 4.78 is 138. The van der Waals surface area contributed by atoms with Gasteiger partial charge in [-0.05, 0) is 119 Å². The number of aryl methyl sites for hydroxylation is 5. The summed E-state index contributed by atoms with van der Waals surface area (Å²) in [5, 5.41) is 3.61. The van der Waals surface area contributed by atoms with Crippen molar-refractivity contribution in [2.24, 2.45) is 0 Å². The van der Waals surface area contributed by atoms with E-state index >= 15 is 0 Å². The molecule has 3 aromatic heterocycles. The van der Waals surface area contributed by atoms with Crippen LogP contribution in [0.4, 0.5) is 0 Å². The second-order valence-electron chi connectivity index (χ2n) is 15.8. The van der Waals surface area contributed by atoms with Gasteiger partial charge in [0.25, 0.3) is 0 Å². The Morgan fingerprint density at radius 2 is 1.27 bits per heavy atom. The maximum absolute atomic E-state index is 8.91. The van der Waals surface area contributed by atoms with Crippen LogP contribution in [-0.4, -0.2) is 9.97 Å². The van der Waals surface area contributed by atoms with E-state index in [4.69, 9.17) is 26.3 Å². The number of benzene rings is 7. The molecule has 3 heterocycles. The van der Waals surface area contributed by atoms with Gasteiger partial charge in [-0.15, -0.1) is 47.5 Å². The molecule has 10 aromatic rings. The third-order valence-corrected chi connectivity index (χ3v) is 11.8. The third-order valence-electron chi connectivity index (χ3n) is 11.8. The van der Waals surface area contributed by atoms with Gasteiger partial charge in [-0.3, -0.25) is 0 Å². The molecule has 3 nitrogen and oxygen atoms in total. The van der Waals surface area contributed by atoms with Crippen LogP contribution in [0.15, 0.2) is 162 Å². The normalized spacial score (nSPS) is 17.8. The van der Waals surface area contributed by atoms with E-state index in [0.29, 0.717) is 39.1 Å². The van der Waals surface area contributed by atoms with Crippen molar-refractivity contribution >= 4 is 32.7 Å². The predicted octanol–water partition coefficient (Wildman–Crippen LogP) is 16.3. The molecular formula is C60H50IrN2O-2. The monoisotopic (exact) mass is 1020 g/mol. The molecule has 1 aliphatic carbocycles. The molecule has 1 aliphatic rings. The molecular weight excluding hydrogens is 957 g/mol. The van der Waals surface area contributed by atoms with Gasteiger partial charge < -0.3 is 14.4 Å². The van der Waals surface area contributed by atoms with Gasteiger partial charge in [-0.2, -0.15) is 0 Å². The van der Waals surface area contributed by atoms with Crippen LogP contribution < -0.4 is 0 Å². The van der Waals surface area contributed by atoms with Gasteiger partial charge in [0.15, 0.2) is 0 Å². The Labute approximate surface area is 413 Å². The molecule has 11 rings (SSSR count). The molecule has 317 valence electrons. The molecule has 1 fully saturated rings. The maximum Gasteiger partial charge on any atom is 0.128 e. The predicted molar refractivity (Wildman–Crippen MR) is 263 cm³/mol. The minimum atomic E-state index is -2.76. The Balaban J connectivity index is 0.000000241. The number of fused-ring (bicyclic) bond motifs is 5. The van der Waals surface area contributed by atoms with Gasteiger partial charge in [0.2, 0.25) is 0 Å². The van der Waals surface area contributed by atoms with E-state index in [1.54, 1.807) is 30.3 Å². The van der Waals surface area contributed by atoms with E-state index in [2.05, 4.69) is 22.1 Å². The van der Waals surface area contributed by atoms with E-state index in [9.17, 15) is 0 Å².